The summed E-state index contributed by atoms with van der Waals surface area (Å²) in [5.41, 5.74) is 0.983. The van der Waals surface area contributed by atoms with Crippen molar-refractivity contribution in [3.05, 3.63) is 35.9 Å². The second-order valence-corrected chi connectivity index (χ2v) is 4.49. The fourth-order valence-electron chi connectivity index (χ4n) is 1.03. The first-order valence-electron chi connectivity index (χ1n) is 4.29. The van der Waals surface area contributed by atoms with Gasteiger partial charge in [-0.2, -0.15) is 0 Å². The molecule has 0 radical (unpaired) electrons. The summed E-state index contributed by atoms with van der Waals surface area (Å²) in [4.78, 5) is 10.2. The first-order chi connectivity index (χ1) is 6.68. The minimum Gasteiger partial charge on any atom is -0.481 e. The fraction of sp³-hybridized carbons (Fsp3) is 0.300. The fourth-order valence-corrected chi connectivity index (χ4v) is 2.14. The average molecular weight is 212 g/mol. The Hall–Kier alpha value is -1.16. The molecule has 0 saturated heterocycles. The van der Waals surface area contributed by atoms with Crippen LogP contribution in [0.4, 0.5) is 0 Å². The molecule has 1 N–H and O–H groups in total. The highest BCUT2D eigenvalue weighted by molar-refractivity contribution is 7.84. The van der Waals surface area contributed by atoms with Crippen LogP contribution >= 0.6 is 0 Å². The van der Waals surface area contributed by atoms with Crippen molar-refractivity contribution < 1.29 is 14.1 Å². The molecule has 14 heavy (non-hydrogen) atoms. The van der Waals surface area contributed by atoms with Crippen LogP contribution in [-0.2, 0) is 21.3 Å². The summed E-state index contributed by atoms with van der Waals surface area (Å²) >= 11 is 0. The van der Waals surface area contributed by atoms with Gasteiger partial charge in [-0.3, -0.25) is 9.00 Å². The summed E-state index contributed by atoms with van der Waals surface area (Å²) in [6.45, 7) is 0. The van der Waals surface area contributed by atoms with E-state index in [9.17, 15) is 9.00 Å². The van der Waals surface area contributed by atoms with Crippen LogP contribution in [0.2, 0.25) is 0 Å². The summed E-state index contributed by atoms with van der Waals surface area (Å²) in [6.07, 6.45) is -0.0283. The van der Waals surface area contributed by atoms with Crippen molar-refractivity contribution in [1.82, 2.24) is 0 Å². The Morgan fingerprint density at radius 2 is 1.93 bits per heavy atom. The third kappa shape index (κ3) is 4.18. The van der Waals surface area contributed by atoms with Gasteiger partial charge in [0.15, 0.2) is 0 Å². The van der Waals surface area contributed by atoms with Crippen LogP contribution in [0.5, 0.6) is 0 Å². The molecule has 4 heteroatoms. The summed E-state index contributed by atoms with van der Waals surface area (Å²) in [7, 11) is -1.07. The van der Waals surface area contributed by atoms with Crippen LogP contribution < -0.4 is 0 Å². The van der Waals surface area contributed by atoms with E-state index in [0.717, 1.165) is 5.56 Å². The first kappa shape index (κ1) is 10.9. The van der Waals surface area contributed by atoms with Gasteiger partial charge in [0.05, 0.1) is 6.42 Å². The highest BCUT2D eigenvalue weighted by Gasteiger charge is 2.04. The average Bonchev–Trinajstić information content (AvgIpc) is 2.16. The van der Waals surface area contributed by atoms with Gasteiger partial charge in [0.25, 0.3) is 0 Å². The van der Waals surface area contributed by atoms with E-state index in [1.165, 1.54) is 0 Å². The molecule has 0 bridgehead atoms. The molecule has 0 amide bonds. The van der Waals surface area contributed by atoms with Gasteiger partial charge in [-0.25, -0.2) is 0 Å². The van der Waals surface area contributed by atoms with Gasteiger partial charge in [0.2, 0.25) is 0 Å². The van der Waals surface area contributed by atoms with Crippen LogP contribution in [0.1, 0.15) is 12.0 Å². The zero-order valence-electron chi connectivity index (χ0n) is 7.68. The highest BCUT2D eigenvalue weighted by atomic mass is 32.2. The minimum atomic E-state index is -1.07. The largest absolute Gasteiger partial charge is 0.481 e. The maximum Gasteiger partial charge on any atom is 0.304 e. The zero-order valence-corrected chi connectivity index (χ0v) is 8.50. The maximum absolute atomic E-state index is 11.4. The topological polar surface area (TPSA) is 54.4 Å². The van der Waals surface area contributed by atoms with E-state index in [-0.39, 0.29) is 12.2 Å². The molecule has 0 saturated carbocycles. The van der Waals surface area contributed by atoms with Crippen LogP contribution in [0.25, 0.3) is 0 Å². The molecule has 0 aliphatic rings. The van der Waals surface area contributed by atoms with E-state index in [0.29, 0.717) is 5.75 Å². The van der Waals surface area contributed by atoms with Crippen molar-refractivity contribution in [1.29, 1.82) is 0 Å². The number of carboxylic acids is 1. The summed E-state index contributed by atoms with van der Waals surface area (Å²) in [6, 6.07) is 9.43. The standard InChI is InChI=1S/C10H12O3S/c11-10(12)6-7-14(13)8-9-4-2-1-3-5-9/h1-5H,6-8H2,(H,11,12)/t14-/m1/s1. The van der Waals surface area contributed by atoms with Crippen LogP contribution in [0.3, 0.4) is 0 Å². The Kier molecular flexibility index (Phi) is 4.32. The van der Waals surface area contributed by atoms with Crippen molar-refractivity contribution in [2.24, 2.45) is 0 Å². The predicted molar refractivity (Wildman–Crippen MR) is 55.4 cm³/mol. The molecule has 0 spiro atoms. The molecule has 1 aromatic rings. The number of carboxylic acid groups (broad SMARTS) is 1. The molecule has 0 unspecified atom stereocenters. The molecule has 0 fully saturated rings. The maximum atomic E-state index is 11.4. The van der Waals surface area contributed by atoms with Crippen molar-refractivity contribution in [3.63, 3.8) is 0 Å². The lowest BCUT2D eigenvalue weighted by Gasteiger charge is -2.00. The number of hydrogen-bond donors (Lipinski definition) is 1. The lowest BCUT2D eigenvalue weighted by Crippen LogP contribution is -2.06. The molecule has 1 rings (SSSR count). The van der Waals surface area contributed by atoms with Gasteiger partial charge in [-0.05, 0) is 5.56 Å². The van der Waals surface area contributed by atoms with Gasteiger partial charge in [-0.15, -0.1) is 0 Å². The molecule has 1 aromatic carbocycles. The van der Waals surface area contributed by atoms with Gasteiger partial charge in [0.1, 0.15) is 0 Å². The Morgan fingerprint density at radius 1 is 1.29 bits per heavy atom. The van der Waals surface area contributed by atoms with Crippen molar-refractivity contribution in [2.45, 2.75) is 12.2 Å². The number of hydrogen-bond acceptors (Lipinski definition) is 2. The Morgan fingerprint density at radius 3 is 2.50 bits per heavy atom. The van der Waals surface area contributed by atoms with Crippen molar-refractivity contribution in [2.75, 3.05) is 5.75 Å². The summed E-state index contributed by atoms with van der Waals surface area (Å²) in [5.74, 6) is -0.232. The quantitative estimate of drug-likeness (QED) is 0.802. The highest BCUT2D eigenvalue weighted by Crippen LogP contribution is 2.03. The molecule has 3 nitrogen and oxygen atoms in total. The van der Waals surface area contributed by atoms with Gasteiger partial charge in [-0.1, -0.05) is 30.3 Å². The molecule has 1 atom stereocenters. The third-order valence-corrected chi connectivity index (χ3v) is 3.03. The molecule has 0 aliphatic heterocycles. The lowest BCUT2D eigenvalue weighted by atomic mass is 10.2. The van der Waals surface area contributed by atoms with Crippen LogP contribution in [0, 0.1) is 0 Å². The first-order valence-corrected chi connectivity index (χ1v) is 5.78. The van der Waals surface area contributed by atoms with Gasteiger partial charge < -0.3 is 5.11 Å². The molecule has 0 aliphatic carbocycles. The smallest absolute Gasteiger partial charge is 0.304 e. The third-order valence-electron chi connectivity index (χ3n) is 1.71. The van der Waals surface area contributed by atoms with E-state index in [1.807, 2.05) is 30.3 Å². The monoisotopic (exact) mass is 212 g/mol. The Bertz CT molecular complexity index is 321. The molecular weight excluding hydrogens is 200 g/mol. The zero-order chi connectivity index (χ0) is 10.4. The normalized spacial score (nSPS) is 12.3. The van der Waals surface area contributed by atoms with E-state index >= 15 is 0 Å². The molecule has 0 heterocycles. The van der Waals surface area contributed by atoms with Crippen LogP contribution in [-0.4, -0.2) is 21.0 Å². The van der Waals surface area contributed by atoms with Gasteiger partial charge >= 0.3 is 5.97 Å². The predicted octanol–water partition coefficient (Wildman–Crippen LogP) is 1.41. The molecule has 76 valence electrons. The van der Waals surface area contributed by atoms with E-state index in [4.69, 9.17) is 5.11 Å². The number of aliphatic carboxylic acids is 1. The van der Waals surface area contributed by atoms with E-state index < -0.39 is 16.8 Å². The van der Waals surface area contributed by atoms with Crippen LogP contribution in [0.15, 0.2) is 30.3 Å². The number of carbonyl (C=O) groups is 1. The minimum absolute atomic E-state index is 0.0283. The second kappa shape index (κ2) is 5.54. The number of rotatable bonds is 5. The van der Waals surface area contributed by atoms with Crippen molar-refractivity contribution >= 4 is 16.8 Å². The molecule has 0 aromatic heterocycles. The second-order valence-electron chi connectivity index (χ2n) is 2.92. The Balaban J connectivity index is 2.38. The van der Waals surface area contributed by atoms with E-state index in [2.05, 4.69) is 0 Å². The van der Waals surface area contributed by atoms with Gasteiger partial charge in [0, 0.05) is 22.3 Å². The van der Waals surface area contributed by atoms with Crippen molar-refractivity contribution in [3.8, 4) is 0 Å². The van der Waals surface area contributed by atoms with E-state index in [1.54, 1.807) is 0 Å². The SMILES string of the molecule is O=C(O)CC[S@@](=O)Cc1ccccc1. The Labute approximate surface area is 85.2 Å². The number of benzene rings is 1. The molecular formula is C10H12O3S. The lowest BCUT2D eigenvalue weighted by molar-refractivity contribution is -0.136. The summed E-state index contributed by atoms with van der Waals surface area (Å²) in [5, 5.41) is 8.39. The summed E-state index contributed by atoms with van der Waals surface area (Å²) < 4.78 is 11.4.